The first kappa shape index (κ1) is 36.3. The lowest BCUT2D eigenvalue weighted by molar-refractivity contribution is -0.142. The summed E-state index contributed by atoms with van der Waals surface area (Å²) in [6, 6.07) is 1.75. The maximum atomic E-state index is 14.7. The number of pyridine rings is 1. The molecule has 4 N–H and O–H groups in total. The van der Waals surface area contributed by atoms with Crippen molar-refractivity contribution in [3.05, 3.63) is 42.4 Å². The van der Waals surface area contributed by atoms with Gasteiger partial charge < -0.3 is 30.1 Å². The minimum Gasteiger partial charge on any atom is -0.494 e. The second kappa shape index (κ2) is 13.5. The zero-order valence-corrected chi connectivity index (χ0v) is 29.2. The molecule has 2 aliphatic heterocycles. The predicted molar refractivity (Wildman–Crippen MR) is 178 cm³/mol. The van der Waals surface area contributed by atoms with Gasteiger partial charge in [-0.25, -0.2) is 31.7 Å². The van der Waals surface area contributed by atoms with Gasteiger partial charge in [-0.2, -0.15) is 0 Å². The number of methoxy groups -OCH3 is 1. The minimum absolute atomic E-state index is 0.00639. The summed E-state index contributed by atoms with van der Waals surface area (Å²) in [6.45, 7) is 3.52. The van der Waals surface area contributed by atoms with Gasteiger partial charge in [-0.05, 0) is 61.1 Å². The Morgan fingerprint density at radius 2 is 1.92 bits per heavy atom. The molecule has 1 aromatic heterocycles. The van der Waals surface area contributed by atoms with Crippen LogP contribution in [0.5, 0.6) is 11.6 Å². The lowest BCUT2D eigenvalue weighted by atomic mass is 9.88. The molecule has 7 atom stereocenters. The number of hydrogen-bond acceptors (Lipinski definition) is 9. The van der Waals surface area contributed by atoms with Crippen LogP contribution in [0.2, 0.25) is 0 Å². The molecule has 0 spiro atoms. The Hall–Kier alpha value is -4.54. The quantitative estimate of drug-likeness (QED) is 0.307. The van der Waals surface area contributed by atoms with Crippen molar-refractivity contribution < 1.29 is 51.0 Å². The number of alkyl halides is 1. The van der Waals surface area contributed by atoms with E-state index in [0.717, 1.165) is 0 Å². The number of carboxylic acid groups (broad SMARTS) is 1. The molecule has 2 saturated carbocycles. The maximum Gasteiger partial charge on any atom is 0.405 e. The Balaban J connectivity index is 1.34. The van der Waals surface area contributed by atoms with Crippen molar-refractivity contribution in [2.24, 2.45) is 17.8 Å². The van der Waals surface area contributed by atoms with Crippen LogP contribution < -0.4 is 24.8 Å². The van der Waals surface area contributed by atoms with Crippen LogP contribution in [0.1, 0.15) is 58.8 Å². The van der Waals surface area contributed by atoms with Crippen molar-refractivity contribution in [1.29, 1.82) is 0 Å². The number of halogens is 2. The zero-order valence-electron chi connectivity index (χ0n) is 28.4. The normalized spacial score (nSPS) is 31.2. The van der Waals surface area contributed by atoms with Gasteiger partial charge in [0, 0.05) is 36.8 Å². The second-order valence-corrected chi connectivity index (χ2v) is 16.1. The van der Waals surface area contributed by atoms with Gasteiger partial charge in [0.05, 0.1) is 13.7 Å². The average Bonchev–Trinajstić information content (AvgIpc) is 3.95. The van der Waals surface area contributed by atoms with Crippen molar-refractivity contribution >= 4 is 44.6 Å². The largest absolute Gasteiger partial charge is 0.494 e. The van der Waals surface area contributed by atoms with Gasteiger partial charge in [0.15, 0.2) is 11.6 Å². The molecule has 3 fully saturated rings. The van der Waals surface area contributed by atoms with Crippen molar-refractivity contribution in [3.63, 3.8) is 0 Å². The number of fused-ring (bicyclic) bond motifs is 3. The minimum atomic E-state index is -4.69. The van der Waals surface area contributed by atoms with Gasteiger partial charge >= 0.3 is 6.09 Å². The van der Waals surface area contributed by atoms with E-state index >= 15 is 0 Å². The number of aromatic nitrogens is 1. The number of nitrogens with zero attached hydrogens (tertiary/aromatic N) is 2. The number of ether oxygens (including phenoxy) is 2. The Morgan fingerprint density at radius 3 is 2.61 bits per heavy atom. The smallest absolute Gasteiger partial charge is 0.405 e. The Morgan fingerprint density at radius 1 is 1.18 bits per heavy atom. The molecule has 0 bridgehead atoms. The first-order valence-electron chi connectivity index (χ1n) is 16.9. The van der Waals surface area contributed by atoms with Crippen LogP contribution in [0.3, 0.4) is 0 Å². The van der Waals surface area contributed by atoms with Gasteiger partial charge in [-0.3, -0.25) is 14.4 Å². The highest BCUT2D eigenvalue weighted by molar-refractivity contribution is 7.91. The highest BCUT2D eigenvalue weighted by Crippen LogP contribution is 2.48. The number of rotatable bonds is 7. The first-order valence-corrected chi connectivity index (χ1v) is 18.4. The van der Waals surface area contributed by atoms with Crippen LogP contribution >= 0.6 is 0 Å². The van der Waals surface area contributed by atoms with Gasteiger partial charge in [-0.1, -0.05) is 26.0 Å². The molecule has 276 valence electrons. The summed E-state index contributed by atoms with van der Waals surface area (Å²) in [5, 5.41) is 13.0. The summed E-state index contributed by atoms with van der Waals surface area (Å²) in [5.74, 6) is -4.28. The molecule has 51 heavy (non-hydrogen) atoms. The van der Waals surface area contributed by atoms with Crippen LogP contribution in [0, 0.1) is 23.6 Å². The summed E-state index contributed by atoms with van der Waals surface area (Å²) >= 11 is 0. The molecule has 14 nitrogen and oxygen atoms in total. The van der Waals surface area contributed by atoms with Crippen molar-refractivity contribution in [2.75, 3.05) is 13.7 Å². The SMILES string of the molecule is COc1cc2ccnc(O[C@@H]3C[C@H]4C(=O)N[C@]5(C(=O)NS(=O)(=O)C6(F)CC6)C[C@H]5/C=C\CC[C@@H](C)C[C@@H](C)[C@H](NC(=O)O)C(=O)N4C3)c2cc1F. The monoisotopic (exact) mass is 733 g/mol. The van der Waals surface area contributed by atoms with Crippen LogP contribution in [-0.2, 0) is 24.4 Å². The van der Waals surface area contributed by atoms with Crippen LogP contribution in [0.4, 0.5) is 13.6 Å². The number of sulfonamides is 1. The molecule has 6 rings (SSSR count). The Bertz CT molecular complexity index is 1890. The Labute approximate surface area is 293 Å². The summed E-state index contributed by atoms with van der Waals surface area (Å²) in [7, 11) is -3.36. The van der Waals surface area contributed by atoms with Crippen molar-refractivity contribution in [1.82, 2.24) is 25.2 Å². The van der Waals surface area contributed by atoms with Gasteiger partial charge in [0.1, 0.15) is 23.7 Å². The molecular weight excluding hydrogens is 692 g/mol. The van der Waals surface area contributed by atoms with E-state index in [1.807, 2.05) is 17.7 Å². The first-order chi connectivity index (χ1) is 24.1. The molecule has 2 aromatic rings. The van der Waals surface area contributed by atoms with E-state index in [0.29, 0.717) is 30.0 Å². The standard InChI is InChI=1S/C34H41F2N5O9S/c1-18-6-4-5-7-21-16-34(21,31(44)40-51(47,48)33(36)9-10-33)39-28(42)25-14-22(17-41(25)30(43)27(19(2)12-18)38-32(45)46)50-29-23-15-24(35)26(49-3)13-20(23)8-11-37-29/h5,7-8,11,13,15,18-19,21-22,25,27,38H,4,6,9-10,12,14,16-17H2,1-3H3,(H,39,42)(H,40,44)(H,45,46)/b7-5-/t18-,19-,21-,22-,25+,27+,34-/m1/s1. The zero-order chi connectivity index (χ0) is 36.9. The van der Waals surface area contributed by atoms with Crippen LogP contribution in [0.15, 0.2) is 36.5 Å². The maximum absolute atomic E-state index is 14.7. The molecule has 1 aromatic carbocycles. The third-order valence-corrected chi connectivity index (χ3v) is 12.2. The molecule has 2 aliphatic carbocycles. The fraction of sp³-hybridized carbons (Fsp3) is 0.559. The van der Waals surface area contributed by atoms with E-state index in [9.17, 15) is 41.5 Å². The lowest BCUT2D eigenvalue weighted by Gasteiger charge is -2.32. The second-order valence-electron chi connectivity index (χ2n) is 14.1. The van der Waals surface area contributed by atoms with Crippen LogP contribution in [-0.4, -0.2) is 89.6 Å². The Kier molecular flexibility index (Phi) is 9.63. The molecule has 4 aliphatic rings. The fourth-order valence-electron chi connectivity index (χ4n) is 7.18. The van der Waals surface area contributed by atoms with E-state index < -0.39 is 80.2 Å². The number of carbonyl (C=O) groups is 4. The van der Waals surface area contributed by atoms with E-state index in [1.165, 1.54) is 30.3 Å². The third kappa shape index (κ3) is 7.17. The molecule has 17 heteroatoms. The van der Waals surface area contributed by atoms with Crippen LogP contribution in [0.25, 0.3) is 10.8 Å². The van der Waals surface area contributed by atoms with E-state index in [2.05, 4.69) is 15.6 Å². The fourth-order valence-corrected chi connectivity index (χ4v) is 8.42. The highest BCUT2D eigenvalue weighted by Gasteiger charge is 2.64. The number of nitrogens with one attached hydrogen (secondary N) is 3. The predicted octanol–water partition coefficient (Wildman–Crippen LogP) is 3.16. The van der Waals surface area contributed by atoms with Crippen molar-refractivity contribution in [2.45, 2.75) is 87.5 Å². The number of allylic oxidation sites excluding steroid dienone is 1. The number of hydrogen-bond donors (Lipinski definition) is 4. The van der Waals surface area contributed by atoms with Crippen molar-refractivity contribution in [3.8, 4) is 11.6 Å². The number of carbonyl (C=O) groups excluding carboxylic acids is 3. The number of benzene rings is 1. The molecule has 3 heterocycles. The van der Waals surface area contributed by atoms with E-state index in [4.69, 9.17) is 9.47 Å². The topological polar surface area (TPSA) is 193 Å². The number of amides is 4. The van der Waals surface area contributed by atoms with Gasteiger partial charge in [0.25, 0.3) is 15.9 Å². The summed E-state index contributed by atoms with van der Waals surface area (Å²) in [4.78, 5) is 59.4. The summed E-state index contributed by atoms with van der Waals surface area (Å²) in [6.07, 6.45) is 3.76. The lowest BCUT2D eigenvalue weighted by Crippen LogP contribution is -2.59. The van der Waals surface area contributed by atoms with E-state index in [-0.39, 0.29) is 49.8 Å². The highest BCUT2D eigenvalue weighted by atomic mass is 32.2. The molecular formula is C34H41F2N5O9S. The summed E-state index contributed by atoms with van der Waals surface area (Å²) in [5.41, 5.74) is -1.74. The third-order valence-electron chi connectivity index (χ3n) is 10.3. The average molecular weight is 734 g/mol. The summed E-state index contributed by atoms with van der Waals surface area (Å²) < 4.78 is 67.9. The molecule has 0 unspecified atom stereocenters. The molecule has 1 saturated heterocycles. The van der Waals surface area contributed by atoms with Gasteiger partial charge in [-0.15, -0.1) is 0 Å². The van der Waals surface area contributed by atoms with Gasteiger partial charge in [0.2, 0.25) is 22.7 Å². The molecule has 4 amide bonds. The van der Waals surface area contributed by atoms with E-state index in [1.54, 1.807) is 19.1 Å². The molecule has 0 radical (unpaired) electrons.